The van der Waals surface area contributed by atoms with Gasteiger partial charge in [0.25, 0.3) is 11.5 Å². The van der Waals surface area contributed by atoms with E-state index in [4.69, 9.17) is 5.84 Å². The molecule has 3 N–H and O–H groups in total. The second kappa shape index (κ2) is 5.23. The molecule has 0 aliphatic rings. The van der Waals surface area contributed by atoms with Crippen LogP contribution in [0.2, 0.25) is 0 Å². The molecule has 0 spiro atoms. The van der Waals surface area contributed by atoms with Gasteiger partial charge in [0.15, 0.2) is 5.69 Å². The minimum atomic E-state index is -0.502. The Labute approximate surface area is 102 Å². The van der Waals surface area contributed by atoms with E-state index in [9.17, 15) is 9.59 Å². The second-order valence-corrected chi connectivity index (χ2v) is 3.57. The van der Waals surface area contributed by atoms with Crippen LogP contribution in [-0.2, 0) is 13.1 Å². The fraction of sp³-hybridized carbons (Fsp3) is 0.200. The van der Waals surface area contributed by atoms with E-state index in [2.05, 4.69) is 10.3 Å². The van der Waals surface area contributed by atoms with Gasteiger partial charge in [-0.25, -0.2) is 10.5 Å². The number of aromatic nitrogens is 4. The molecule has 0 atom stereocenters. The summed E-state index contributed by atoms with van der Waals surface area (Å²) in [5.41, 5.74) is 2.02. The van der Waals surface area contributed by atoms with E-state index in [1.807, 2.05) is 5.43 Å². The quantitative estimate of drug-likeness (QED) is 0.399. The maximum Gasteiger partial charge on any atom is 0.287 e. The topological polar surface area (TPSA) is 108 Å². The highest BCUT2D eigenvalue weighted by Gasteiger charge is 2.08. The number of carbonyl (C=O) groups is 1. The van der Waals surface area contributed by atoms with Crippen LogP contribution in [0.3, 0.4) is 0 Å². The van der Waals surface area contributed by atoms with Gasteiger partial charge in [-0.1, -0.05) is 11.3 Å². The fourth-order valence-corrected chi connectivity index (χ4v) is 1.44. The highest BCUT2D eigenvalue weighted by molar-refractivity contribution is 5.91. The van der Waals surface area contributed by atoms with Crippen LogP contribution in [0.25, 0.3) is 0 Å². The van der Waals surface area contributed by atoms with E-state index in [0.717, 1.165) is 0 Å². The van der Waals surface area contributed by atoms with Crippen LogP contribution in [0.4, 0.5) is 0 Å². The van der Waals surface area contributed by atoms with Crippen molar-refractivity contribution in [1.82, 2.24) is 25.0 Å². The van der Waals surface area contributed by atoms with Crippen LogP contribution in [0.5, 0.6) is 0 Å². The maximum absolute atomic E-state index is 11.4. The number of aryl methyl sites for hydroxylation is 2. The summed E-state index contributed by atoms with van der Waals surface area (Å²) in [7, 11) is 0. The Bertz CT molecular complexity index is 602. The van der Waals surface area contributed by atoms with Crippen LogP contribution in [-0.4, -0.2) is 25.5 Å². The number of carbonyl (C=O) groups excluding carboxylic acids is 1. The van der Waals surface area contributed by atoms with Gasteiger partial charge < -0.3 is 4.57 Å². The van der Waals surface area contributed by atoms with E-state index in [1.165, 1.54) is 16.9 Å². The molecule has 0 aliphatic heterocycles. The van der Waals surface area contributed by atoms with Gasteiger partial charge in [-0.05, 0) is 6.07 Å². The minimum Gasteiger partial charge on any atom is -0.314 e. The number of hydrogen-bond acceptors (Lipinski definition) is 5. The fourth-order valence-electron chi connectivity index (χ4n) is 1.44. The van der Waals surface area contributed by atoms with Crippen LogP contribution in [0, 0.1) is 0 Å². The van der Waals surface area contributed by atoms with Crippen molar-refractivity contribution in [3.63, 3.8) is 0 Å². The molecule has 0 aromatic carbocycles. The Balaban J connectivity index is 2.03. The number of nitrogens with zero attached hydrogens (tertiary/aromatic N) is 4. The molecule has 0 bridgehead atoms. The first-order valence-corrected chi connectivity index (χ1v) is 5.27. The SMILES string of the molecule is NNC(=O)c1cn(CCn2ccccc2=O)nn1. The molecule has 2 rings (SSSR count). The highest BCUT2D eigenvalue weighted by atomic mass is 16.2. The number of pyridine rings is 1. The lowest BCUT2D eigenvalue weighted by Gasteiger charge is -2.03. The molecule has 0 radical (unpaired) electrons. The molecule has 8 nitrogen and oxygen atoms in total. The smallest absolute Gasteiger partial charge is 0.287 e. The first-order chi connectivity index (χ1) is 8.70. The predicted molar refractivity (Wildman–Crippen MR) is 62.4 cm³/mol. The molecule has 8 heteroatoms. The Morgan fingerprint density at radius 2 is 2.22 bits per heavy atom. The first-order valence-electron chi connectivity index (χ1n) is 5.27. The van der Waals surface area contributed by atoms with Gasteiger partial charge in [-0.2, -0.15) is 0 Å². The van der Waals surface area contributed by atoms with Crippen molar-refractivity contribution in [1.29, 1.82) is 0 Å². The number of nitrogens with two attached hydrogens (primary N) is 1. The van der Waals surface area contributed by atoms with Crippen LogP contribution >= 0.6 is 0 Å². The van der Waals surface area contributed by atoms with E-state index in [1.54, 1.807) is 22.9 Å². The van der Waals surface area contributed by atoms with Crippen molar-refractivity contribution in [3.05, 3.63) is 46.6 Å². The zero-order valence-electron chi connectivity index (χ0n) is 9.48. The van der Waals surface area contributed by atoms with Crippen LogP contribution in [0.1, 0.15) is 10.5 Å². The molecule has 0 fully saturated rings. The molecule has 0 unspecified atom stereocenters. The Morgan fingerprint density at radius 3 is 2.94 bits per heavy atom. The van der Waals surface area contributed by atoms with Gasteiger partial charge in [0.05, 0.1) is 12.7 Å². The number of hydrogen-bond donors (Lipinski definition) is 2. The number of amides is 1. The molecular formula is C10H12N6O2. The second-order valence-electron chi connectivity index (χ2n) is 3.57. The molecule has 18 heavy (non-hydrogen) atoms. The van der Waals surface area contributed by atoms with E-state index in [0.29, 0.717) is 13.1 Å². The van der Waals surface area contributed by atoms with Gasteiger partial charge in [0.1, 0.15) is 0 Å². The normalized spacial score (nSPS) is 10.3. The van der Waals surface area contributed by atoms with Gasteiger partial charge >= 0.3 is 0 Å². The van der Waals surface area contributed by atoms with Crippen LogP contribution < -0.4 is 16.8 Å². The summed E-state index contributed by atoms with van der Waals surface area (Å²) in [6.45, 7) is 0.890. The zero-order chi connectivity index (χ0) is 13.0. The summed E-state index contributed by atoms with van der Waals surface area (Å²) in [5, 5.41) is 7.42. The summed E-state index contributed by atoms with van der Waals surface area (Å²) in [6, 6.07) is 4.93. The van der Waals surface area contributed by atoms with Gasteiger partial charge in [0, 0.05) is 18.8 Å². The van der Waals surface area contributed by atoms with E-state index >= 15 is 0 Å². The number of hydrazine groups is 1. The maximum atomic E-state index is 11.4. The summed E-state index contributed by atoms with van der Waals surface area (Å²) >= 11 is 0. The average Bonchev–Trinajstić information content (AvgIpc) is 2.86. The van der Waals surface area contributed by atoms with Crippen LogP contribution in [0.15, 0.2) is 35.4 Å². The summed E-state index contributed by atoms with van der Waals surface area (Å²) in [4.78, 5) is 22.6. The first kappa shape index (κ1) is 12.0. The third kappa shape index (κ3) is 2.61. The highest BCUT2D eigenvalue weighted by Crippen LogP contribution is 1.93. The monoisotopic (exact) mass is 248 g/mol. The molecule has 0 aliphatic carbocycles. The largest absolute Gasteiger partial charge is 0.314 e. The number of nitrogen functional groups attached to an aromatic ring is 1. The zero-order valence-corrected chi connectivity index (χ0v) is 9.48. The molecule has 2 aromatic heterocycles. The molecule has 2 heterocycles. The standard InChI is InChI=1S/C10H12N6O2/c11-12-10(18)8-7-16(14-13-8)6-5-15-4-2-1-3-9(15)17/h1-4,7H,5-6,11H2,(H,12,18). The van der Waals surface area contributed by atoms with Gasteiger partial charge in [-0.3, -0.25) is 15.0 Å². The molecule has 94 valence electrons. The predicted octanol–water partition coefficient (Wildman–Crippen LogP) is -1.26. The Kier molecular flexibility index (Phi) is 3.49. The molecule has 0 saturated carbocycles. The molecule has 1 amide bonds. The van der Waals surface area contributed by atoms with Gasteiger partial charge in [0.2, 0.25) is 0 Å². The lowest BCUT2D eigenvalue weighted by Crippen LogP contribution is -2.30. The summed E-state index contributed by atoms with van der Waals surface area (Å²) in [6.07, 6.45) is 3.16. The van der Waals surface area contributed by atoms with Crippen molar-refractivity contribution < 1.29 is 4.79 Å². The minimum absolute atomic E-state index is 0.0856. The molecule has 2 aromatic rings. The molecule has 0 saturated heterocycles. The van der Waals surface area contributed by atoms with Crippen molar-refractivity contribution in [3.8, 4) is 0 Å². The summed E-state index contributed by atoms with van der Waals surface area (Å²) in [5.74, 6) is 4.47. The molecular weight excluding hydrogens is 236 g/mol. The number of rotatable bonds is 4. The average molecular weight is 248 g/mol. The number of nitrogens with one attached hydrogen (secondary N) is 1. The summed E-state index contributed by atoms with van der Waals surface area (Å²) < 4.78 is 3.02. The van der Waals surface area contributed by atoms with E-state index < -0.39 is 5.91 Å². The van der Waals surface area contributed by atoms with Crippen molar-refractivity contribution in [2.75, 3.05) is 0 Å². The van der Waals surface area contributed by atoms with Crippen molar-refractivity contribution in [2.24, 2.45) is 5.84 Å². The lowest BCUT2D eigenvalue weighted by molar-refractivity contribution is 0.0948. The third-order valence-corrected chi connectivity index (χ3v) is 2.37. The third-order valence-electron chi connectivity index (χ3n) is 2.37. The van der Waals surface area contributed by atoms with Crippen molar-refractivity contribution in [2.45, 2.75) is 13.1 Å². The lowest BCUT2D eigenvalue weighted by atomic mass is 10.4. The van der Waals surface area contributed by atoms with Gasteiger partial charge in [-0.15, -0.1) is 5.10 Å². The Hall–Kier alpha value is -2.48. The van der Waals surface area contributed by atoms with E-state index in [-0.39, 0.29) is 11.3 Å². The van der Waals surface area contributed by atoms with Crippen molar-refractivity contribution >= 4 is 5.91 Å². The Morgan fingerprint density at radius 1 is 1.39 bits per heavy atom.